The highest BCUT2D eigenvalue weighted by atomic mass is 16.5. The maximum Gasteiger partial charge on any atom is 0.332 e. The lowest BCUT2D eigenvalue weighted by atomic mass is 10.2. The van der Waals surface area contributed by atoms with Gasteiger partial charge in [-0.25, -0.2) is 4.79 Å². The molecule has 0 aliphatic rings. The third-order valence-corrected chi connectivity index (χ3v) is 2.20. The van der Waals surface area contributed by atoms with Gasteiger partial charge in [-0.2, -0.15) is 0 Å². The van der Waals surface area contributed by atoms with E-state index in [1.807, 2.05) is 44.2 Å². The zero-order chi connectivity index (χ0) is 12.5. The summed E-state index contributed by atoms with van der Waals surface area (Å²) in [6.45, 7) is 5.01. The van der Waals surface area contributed by atoms with Gasteiger partial charge in [0.2, 0.25) is 0 Å². The third kappa shape index (κ3) is 5.76. The fourth-order valence-electron chi connectivity index (χ4n) is 1.31. The Bertz CT molecular complexity index is 371. The molecule has 0 atom stereocenters. The number of hydrogen-bond donors (Lipinski definition) is 1. The summed E-state index contributed by atoms with van der Waals surface area (Å²) in [7, 11) is 0. The van der Waals surface area contributed by atoms with Crippen molar-refractivity contribution in [2.75, 3.05) is 6.61 Å². The summed E-state index contributed by atoms with van der Waals surface area (Å²) in [5, 5.41) is 3.17. The van der Waals surface area contributed by atoms with Gasteiger partial charge in [-0.1, -0.05) is 37.3 Å². The van der Waals surface area contributed by atoms with Gasteiger partial charge in [-0.15, -0.1) is 0 Å². The quantitative estimate of drug-likeness (QED) is 0.606. The molecule has 0 amide bonds. The van der Waals surface area contributed by atoms with Crippen molar-refractivity contribution in [1.29, 1.82) is 0 Å². The number of benzene rings is 1. The van der Waals surface area contributed by atoms with Gasteiger partial charge in [0.25, 0.3) is 0 Å². The Morgan fingerprint density at radius 1 is 1.35 bits per heavy atom. The van der Waals surface area contributed by atoms with E-state index in [0.717, 1.165) is 12.1 Å². The molecule has 1 rings (SSSR count). The second kappa shape index (κ2) is 7.49. The first kappa shape index (κ1) is 13.3. The lowest BCUT2D eigenvalue weighted by Gasteiger charge is -2.06. The molecule has 0 aliphatic heterocycles. The van der Waals surface area contributed by atoms with E-state index in [-0.39, 0.29) is 5.97 Å². The van der Waals surface area contributed by atoms with Crippen molar-refractivity contribution in [2.45, 2.75) is 26.8 Å². The van der Waals surface area contributed by atoms with E-state index in [2.05, 4.69) is 5.32 Å². The van der Waals surface area contributed by atoms with Crippen molar-refractivity contribution in [3.05, 3.63) is 47.7 Å². The zero-order valence-corrected chi connectivity index (χ0v) is 10.4. The minimum absolute atomic E-state index is 0.287. The summed E-state index contributed by atoms with van der Waals surface area (Å²) in [5.41, 5.74) is 2.00. The van der Waals surface area contributed by atoms with E-state index >= 15 is 0 Å². The Balaban J connectivity index is 2.36. The molecule has 1 aromatic carbocycles. The van der Waals surface area contributed by atoms with Crippen LogP contribution in [-0.2, 0) is 16.1 Å². The zero-order valence-electron chi connectivity index (χ0n) is 10.4. The van der Waals surface area contributed by atoms with Crippen LogP contribution in [0.1, 0.15) is 25.8 Å². The molecule has 92 valence electrons. The van der Waals surface area contributed by atoms with E-state index in [1.54, 1.807) is 0 Å². The third-order valence-electron chi connectivity index (χ3n) is 2.20. The normalized spacial score (nSPS) is 11.1. The topological polar surface area (TPSA) is 38.3 Å². The van der Waals surface area contributed by atoms with Gasteiger partial charge in [0.1, 0.15) is 0 Å². The Morgan fingerprint density at radius 2 is 2.06 bits per heavy atom. The van der Waals surface area contributed by atoms with Gasteiger partial charge in [0.15, 0.2) is 0 Å². The molecule has 17 heavy (non-hydrogen) atoms. The Labute approximate surface area is 102 Å². The van der Waals surface area contributed by atoms with Crippen LogP contribution in [0.15, 0.2) is 42.1 Å². The van der Waals surface area contributed by atoms with Crippen LogP contribution >= 0.6 is 0 Å². The molecule has 0 aliphatic carbocycles. The molecule has 3 heteroatoms. The molecule has 0 aromatic heterocycles. The summed E-state index contributed by atoms with van der Waals surface area (Å²) in [6, 6.07) is 10.0. The molecular weight excluding hydrogens is 214 g/mol. The Kier molecular flexibility index (Phi) is 5.86. The first-order chi connectivity index (χ1) is 8.22. The van der Waals surface area contributed by atoms with Crippen LogP contribution in [-0.4, -0.2) is 12.6 Å². The number of hydrogen-bond acceptors (Lipinski definition) is 3. The molecule has 1 aromatic rings. The van der Waals surface area contributed by atoms with Crippen molar-refractivity contribution in [3.63, 3.8) is 0 Å². The number of nitrogens with one attached hydrogen (secondary N) is 1. The number of ether oxygens (including phenoxy) is 1. The highest BCUT2D eigenvalue weighted by Crippen LogP contribution is 1.99. The van der Waals surface area contributed by atoms with Gasteiger partial charge >= 0.3 is 5.97 Å². The number of allylic oxidation sites excluding steroid dienone is 1. The number of esters is 1. The first-order valence-corrected chi connectivity index (χ1v) is 5.85. The Hall–Kier alpha value is -1.77. The van der Waals surface area contributed by atoms with Crippen LogP contribution in [0.2, 0.25) is 0 Å². The smallest absolute Gasteiger partial charge is 0.332 e. The minimum atomic E-state index is -0.287. The van der Waals surface area contributed by atoms with Crippen LogP contribution in [0, 0.1) is 0 Å². The van der Waals surface area contributed by atoms with Gasteiger partial charge in [-0.3, -0.25) is 0 Å². The largest absolute Gasteiger partial charge is 0.462 e. The van der Waals surface area contributed by atoms with Crippen LogP contribution in [0.5, 0.6) is 0 Å². The SMILES string of the molecule is CCCOC(=O)C=C(C)NCc1ccccc1. The Morgan fingerprint density at radius 3 is 2.71 bits per heavy atom. The summed E-state index contributed by atoms with van der Waals surface area (Å²) in [4.78, 5) is 11.3. The van der Waals surface area contributed by atoms with Gasteiger partial charge in [0, 0.05) is 18.3 Å². The lowest BCUT2D eigenvalue weighted by Crippen LogP contribution is -2.13. The average molecular weight is 233 g/mol. The van der Waals surface area contributed by atoms with Crippen molar-refractivity contribution in [1.82, 2.24) is 5.32 Å². The molecule has 1 N–H and O–H groups in total. The monoisotopic (exact) mass is 233 g/mol. The molecule has 0 spiro atoms. The van der Waals surface area contributed by atoms with Crippen LogP contribution in [0.3, 0.4) is 0 Å². The highest BCUT2D eigenvalue weighted by molar-refractivity contribution is 5.82. The molecular formula is C14H19NO2. The van der Waals surface area contributed by atoms with Crippen LogP contribution < -0.4 is 5.32 Å². The maximum atomic E-state index is 11.3. The fraction of sp³-hybridized carbons (Fsp3) is 0.357. The first-order valence-electron chi connectivity index (χ1n) is 5.85. The van der Waals surface area contributed by atoms with Gasteiger partial charge < -0.3 is 10.1 Å². The van der Waals surface area contributed by atoms with Crippen LogP contribution in [0.25, 0.3) is 0 Å². The van der Waals surface area contributed by atoms with Crippen LogP contribution in [0.4, 0.5) is 0 Å². The van der Waals surface area contributed by atoms with Crippen molar-refractivity contribution < 1.29 is 9.53 Å². The number of rotatable bonds is 6. The highest BCUT2D eigenvalue weighted by Gasteiger charge is 1.98. The lowest BCUT2D eigenvalue weighted by molar-refractivity contribution is -0.137. The second-order valence-electron chi connectivity index (χ2n) is 3.83. The van der Waals surface area contributed by atoms with E-state index in [1.165, 1.54) is 11.6 Å². The van der Waals surface area contributed by atoms with E-state index < -0.39 is 0 Å². The number of carbonyl (C=O) groups is 1. The molecule has 0 bridgehead atoms. The van der Waals surface area contributed by atoms with Crippen molar-refractivity contribution >= 4 is 5.97 Å². The molecule has 0 saturated heterocycles. The molecule has 0 unspecified atom stereocenters. The molecule has 0 fully saturated rings. The maximum absolute atomic E-state index is 11.3. The summed E-state index contributed by atoms with van der Waals surface area (Å²) >= 11 is 0. The van der Waals surface area contributed by atoms with Crippen molar-refractivity contribution in [2.24, 2.45) is 0 Å². The molecule has 0 saturated carbocycles. The van der Waals surface area contributed by atoms with E-state index in [9.17, 15) is 4.79 Å². The summed E-state index contributed by atoms with van der Waals surface area (Å²) in [5.74, 6) is -0.287. The fourth-order valence-corrected chi connectivity index (χ4v) is 1.31. The predicted octanol–water partition coefficient (Wildman–Crippen LogP) is 2.63. The molecule has 3 nitrogen and oxygen atoms in total. The standard InChI is InChI=1S/C14H19NO2/c1-3-9-17-14(16)10-12(2)15-11-13-7-5-4-6-8-13/h4-8,10,15H,3,9,11H2,1-2H3. The van der Waals surface area contributed by atoms with E-state index in [4.69, 9.17) is 4.74 Å². The minimum Gasteiger partial charge on any atom is -0.462 e. The number of carbonyl (C=O) groups excluding carboxylic acids is 1. The second-order valence-corrected chi connectivity index (χ2v) is 3.83. The summed E-state index contributed by atoms with van der Waals surface area (Å²) < 4.78 is 4.96. The molecule has 0 radical (unpaired) electrons. The molecule has 0 heterocycles. The van der Waals surface area contributed by atoms with Crippen molar-refractivity contribution in [3.8, 4) is 0 Å². The predicted molar refractivity (Wildman–Crippen MR) is 68.3 cm³/mol. The summed E-state index contributed by atoms with van der Waals surface area (Å²) in [6.07, 6.45) is 2.33. The van der Waals surface area contributed by atoms with E-state index in [0.29, 0.717) is 13.2 Å². The van der Waals surface area contributed by atoms with Gasteiger partial charge in [0.05, 0.1) is 6.61 Å². The average Bonchev–Trinajstić information content (AvgIpc) is 2.35. The van der Waals surface area contributed by atoms with Gasteiger partial charge in [-0.05, 0) is 18.9 Å².